The predicted molar refractivity (Wildman–Crippen MR) is 60.5 cm³/mol. The fourth-order valence-electron chi connectivity index (χ4n) is 2.43. The Hall–Kier alpha value is -0.870. The molecule has 0 amide bonds. The summed E-state index contributed by atoms with van der Waals surface area (Å²) in [6.07, 6.45) is 6.09. The molecule has 1 saturated heterocycles. The highest BCUT2D eigenvalue weighted by molar-refractivity contribution is 5.11. The summed E-state index contributed by atoms with van der Waals surface area (Å²) in [5.74, 6) is 0. The Labute approximate surface area is 91.1 Å². The number of likely N-dealkylation sites (N-methyl/N-ethyl adjacent to an activating group) is 1. The lowest BCUT2D eigenvalue weighted by Gasteiger charge is -2.23. The summed E-state index contributed by atoms with van der Waals surface area (Å²) in [4.78, 5) is 6.56. The third-order valence-corrected chi connectivity index (χ3v) is 3.21. The summed E-state index contributed by atoms with van der Waals surface area (Å²) in [5.41, 5.74) is 7.41. The number of aryl methyl sites for hydroxylation is 1. The highest BCUT2D eigenvalue weighted by atomic mass is 15.2. The first-order valence-electron chi connectivity index (χ1n) is 5.70. The van der Waals surface area contributed by atoms with Gasteiger partial charge in [0.1, 0.15) is 0 Å². The fraction of sp³-hybridized carbons (Fsp3) is 0.727. The molecular weight excluding hydrogens is 188 g/mol. The van der Waals surface area contributed by atoms with Crippen LogP contribution in [0.3, 0.4) is 0 Å². The van der Waals surface area contributed by atoms with Crippen molar-refractivity contribution in [3.8, 4) is 0 Å². The number of imidazole rings is 1. The molecule has 4 nitrogen and oxygen atoms in total. The molecule has 2 heterocycles. The van der Waals surface area contributed by atoms with Gasteiger partial charge >= 0.3 is 0 Å². The largest absolute Gasteiger partial charge is 0.333 e. The first kappa shape index (κ1) is 10.6. The maximum absolute atomic E-state index is 6.14. The van der Waals surface area contributed by atoms with Gasteiger partial charge in [-0.05, 0) is 19.9 Å². The van der Waals surface area contributed by atoms with E-state index in [0.717, 1.165) is 25.9 Å². The number of hydrogen-bond donors (Lipinski definition) is 1. The first-order chi connectivity index (χ1) is 7.24. The van der Waals surface area contributed by atoms with Gasteiger partial charge in [-0.3, -0.25) is 4.90 Å². The number of likely N-dealkylation sites (tertiary alicyclic amines) is 1. The molecule has 1 aliphatic heterocycles. The van der Waals surface area contributed by atoms with Crippen LogP contribution in [0.15, 0.2) is 12.5 Å². The molecule has 2 atom stereocenters. The highest BCUT2D eigenvalue weighted by Gasteiger charge is 2.32. The van der Waals surface area contributed by atoms with E-state index >= 15 is 0 Å². The normalized spacial score (nSPS) is 27.4. The molecule has 15 heavy (non-hydrogen) atoms. The third-order valence-electron chi connectivity index (χ3n) is 3.21. The van der Waals surface area contributed by atoms with Gasteiger partial charge < -0.3 is 10.3 Å². The van der Waals surface area contributed by atoms with Crippen molar-refractivity contribution in [1.82, 2.24) is 14.5 Å². The second kappa shape index (κ2) is 4.33. The van der Waals surface area contributed by atoms with Gasteiger partial charge in [0.2, 0.25) is 0 Å². The standard InChI is InChI=1S/C11H20N4/c1-3-5-15-8-13-7-10(15)11-9(12)4-6-14(11)2/h7-9,11H,3-6,12H2,1-2H3. The zero-order valence-electron chi connectivity index (χ0n) is 9.56. The summed E-state index contributed by atoms with van der Waals surface area (Å²) >= 11 is 0. The third kappa shape index (κ3) is 1.92. The van der Waals surface area contributed by atoms with Crippen LogP contribution < -0.4 is 5.73 Å². The maximum atomic E-state index is 6.14. The van der Waals surface area contributed by atoms with Gasteiger partial charge in [-0.25, -0.2) is 4.98 Å². The van der Waals surface area contributed by atoms with Crippen LogP contribution in [-0.4, -0.2) is 34.1 Å². The van der Waals surface area contributed by atoms with Crippen LogP contribution in [0.5, 0.6) is 0 Å². The lowest BCUT2D eigenvalue weighted by molar-refractivity contribution is 0.290. The lowest BCUT2D eigenvalue weighted by Crippen LogP contribution is -2.31. The SMILES string of the molecule is CCCn1cncc1C1C(N)CCN1C. The van der Waals surface area contributed by atoms with E-state index < -0.39 is 0 Å². The zero-order valence-corrected chi connectivity index (χ0v) is 9.56. The van der Waals surface area contributed by atoms with Crippen molar-refractivity contribution in [2.45, 2.75) is 38.4 Å². The Balaban J connectivity index is 2.23. The molecule has 2 rings (SSSR count). The Morgan fingerprint density at radius 1 is 1.60 bits per heavy atom. The number of nitrogens with zero attached hydrogens (tertiary/aromatic N) is 3. The molecule has 2 N–H and O–H groups in total. The van der Waals surface area contributed by atoms with Crippen LogP contribution in [0.25, 0.3) is 0 Å². The molecule has 1 aliphatic rings. The van der Waals surface area contributed by atoms with E-state index in [1.807, 2.05) is 12.5 Å². The van der Waals surface area contributed by atoms with E-state index in [0.29, 0.717) is 6.04 Å². The van der Waals surface area contributed by atoms with Gasteiger partial charge in [0.05, 0.1) is 18.1 Å². The summed E-state index contributed by atoms with van der Waals surface area (Å²) in [6, 6.07) is 0.598. The number of aromatic nitrogens is 2. The first-order valence-corrected chi connectivity index (χ1v) is 5.70. The van der Waals surface area contributed by atoms with Gasteiger partial charge in [-0.15, -0.1) is 0 Å². The van der Waals surface area contributed by atoms with E-state index in [1.54, 1.807) is 0 Å². The van der Waals surface area contributed by atoms with E-state index in [-0.39, 0.29) is 6.04 Å². The van der Waals surface area contributed by atoms with Crippen molar-refractivity contribution in [2.75, 3.05) is 13.6 Å². The molecule has 0 bridgehead atoms. The van der Waals surface area contributed by atoms with Crippen molar-refractivity contribution in [2.24, 2.45) is 5.73 Å². The summed E-state index contributed by atoms with van der Waals surface area (Å²) in [5, 5.41) is 0. The van der Waals surface area contributed by atoms with Crippen molar-refractivity contribution in [1.29, 1.82) is 0 Å². The van der Waals surface area contributed by atoms with Crippen molar-refractivity contribution < 1.29 is 0 Å². The van der Waals surface area contributed by atoms with Gasteiger partial charge in [-0.1, -0.05) is 6.92 Å². The molecule has 2 unspecified atom stereocenters. The highest BCUT2D eigenvalue weighted by Crippen LogP contribution is 2.29. The molecule has 0 radical (unpaired) electrons. The number of nitrogens with two attached hydrogens (primary N) is 1. The average Bonchev–Trinajstić information content (AvgIpc) is 2.75. The van der Waals surface area contributed by atoms with E-state index in [1.165, 1.54) is 5.69 Å². The fourth-order valence-corrected chi connectivity index (χ4v) is 2.43. The predicted octanol–water partition coefficient (Wildman–Crippen LogP) is 0.997. The summed E-state index contributed by atoms with van der Waals surface area (Å²) in [7, 11) is 2.14. The Morgan fingerprint density at radius 2 is 2.40 bits per heavy atom. The quantitative estimate of drug-likeness (QED) is 0.806. The molecule has 1 aromatic heterocycles. The van der Waals surface area contributed by atoms with E-state index in [4.69, 9.17) is 5.73 Å². The Morgan fingerprint density at radius 3 is 3.00 bits per heavy atom. The second-order valence-corrected chi connectivity index (χ2v) is 4.39. The van der Waals surface area contributed by atoms with Gasteiger partial charge in [0, 0.05) is 25.3 Å². The van der Waals surface area contributed by atoms with Gasteiger partial charge in [0.25, 0.3) is 0 Å². The molecule has 84 valence electrons. The van der Waals surface area contributed by atoms with Crippen molar-refractivity contribution in [3.05, 3.63) is 18.2 Å². The van der Waals surface area contributed by atoms with E-state index in [2.05, 4.69) is 28.4 Å². The minimum atomic E-state index is 0.252. The van der Waals surface area contributed by atoms with Crippen LogP contribution in [-0.2, 0) is 6.54 Å². The van der Waals surface area contributed by atoms with Crippen molar-refractivity contribution >= 4 is 0 Å². The monoisotopic (exact) mass is 208 g/mol. The van der Waals surface area contributed by atoms with Crippen LogP contribution in [0.4, 0.5) is 0 Å². The van der Waals surface area contributed by atoms with Gasteiger partial charge in [-0.2, -0.15) is 0 Å². The van der Waals surface area contributed by atoms with Crippen molar-refractivity contribution in [3.63, 3.8) is 0 Å². The molecule has 0 saturated carbocycles. The molecule has 1 fully saturated rings. The molecule has 0 aliphatic carbocycles. The van der Waals surface area contributed by atoms with E-state index in [9.17, 15) is 0 Å². The van der Waals surface area contributed by atoms with Gasteiger partial charge in [0.15, 0.2) is 0 Å². The Bertz CT molecular complexity index is 310. The summed E-state index contributed by atoms with van der Waals surface area (Å²) in [6.45, 7) is 4.30. The zero-order chi connectivity index (χ0) is 10.8. The van der Waals surface area contributed by atoms with Crippen LogP contribution in [0, 0.1) is 0 Å². The second-order valence-electron chi connectivity index (χ2n) is 4.39. The molecule has 1 aromatic rings. The van der Waals surface area contributed by atoms with Crippen LogP contribution in [0.1, 0.15) is 31.5 Å². The number of hydrogen-bond acceptors (Lipinski definition) is 3. The molecule has 0 spiro atoms. The maximum Gasteiger partial charge on any atom is 0.0948 e. The minimum absolute atomic E-state index is 0.252. The lowest BCUT2D eigenvalue weighted by atomic mass is 10.1. The Kier molecular flexibility index (Phi) is 3.07. The molecular formula is C11H20N4. The molecule has 0 aromatic carbocycles. The topological polar surface area (TPSA) is 47.1 Å². The number of rotatable bonds is 3. The average molecular weight is 208 g/mol. The minimum Gasteiger partial charge on any atom is -0.333 e. The molecule has 4 heteroatoms. The van der Waals surface area contributed by atoms with Crippen LogP contribution in [0.2, 0.25) is 0 Å². The van der Waals surface area contributed by atoms with Crippen LogP contribution >= 0.6 is 0 Å². The smallest absolute Gasteiger partial charge is 0.0948 e. The summed E-state index contributed by atoms with van der Waals surface area (Å²) < 4.78 is 2.23.